The van der Waals surface area contributed by atoms with E-state index < -0.39 is 15.9 Å². The fourth-order valence-corrected chi connectivity index (χ4v) is 3.57. The number of hydrogen-bond donors (Lipinski definition) is 1. The van der Waals surface area contributed by atoms with Crippen LogP contribution in [0.15, 0.2) is 57.9 Å². The molecule has 8 nitrogen and oxygen atoms in total. The van der Waals surface area contributed by atoms with Gasteiger partial charge in [0.1, 0.15) is 12.4 Å². The number of carbonyl (C=O) groups excluding carboxylic acids is 2. The minimum Gasteiger partial charge on any atom is -0.492 e. The van der Waals surface area contributed by atoms with Gasteiger partial charge in [-0.15, -0.1) is 0 Å². The maximum atomic E-state index is 12.3. The monoisotopic (exact) mass is 497 g/mol. The SMILES string of the molecule is CN(CCOc1ccc(Br)cc1)C(=O)CNC(=O)c1cccc(S(=O)(=O)N(C)C)c1. The quantitative estimate of drug-likeness (QED) is 0.571. The average Bonchev–Trinajstić information content (AvgIpc) is 2.73. The number of likely N-dealkylation sites (N-methyl/N-ethyl adjacent to an activating group) is 1. The Morgan fingerprint density at radius 3 is 2.37 bits per heavy atom. The van der Waals surface area contributed by atoms with E-state index in [1.54, 1.807) is 7.05 Å². The van der Waals surface area contributed by atoms with Crippen LogP contribution in [0.1, 0.15) is 10.4 Å². The molecule has 10 heteroatoms. The van der Waals surface area contributed by atoms with Crippen molar-refractivity contribution in [2.24, 2.45) is 0 Å². The first-order valence-corrected chi connectivity index (χ1v) is 11.3. The lowest BCUT2D eigenvalue weighted by molar-refractivity contribution is -0.129. The smallest absolute Gasteiger partial charge is 0.251 e. The zero-order valence-corrected chi connectivity index (χ0v) is 19.4. The van der Waals surface area contributed by atoms with Gasteiger partial charge in [0.25, 0.3) is 5.91 Å². The van der Waals surface area contributed by atoms with E-state index in [1.807, 2.05) is 24.3 Å². The van der Waals surface area contributed by atoms with Gasteiger partial charge >= 0.3 is 0 Å². The van der Waals surface area contributed by atoms with E-state index in [2.05, 4.69) is 21.2 Å². The molecule has 2 rings (SSSR count). The molecule has 0 bridgehead atoms. The van der Waals surface area contributed by atoms with Gasteiger partial charge in [0.05, 0.1) is 18.0 Å². The minimum absolute atomic E-state index is 0.00804. The Morgan fingerprint density at radius 1 is 1.07 bits per heavy atom. The zero-order chi connectivity index (χ0) is 22.3. The van der Waals surface area contributed by atoms with Gasteiger partial charge in [0, 0.05) is 31.2 Å². The van der Waals surface area contributed by atoms with Gasteiger partial charge in [-0.1, -0.05) is 22.0 Å². The van der Waals surface area contributed by atoms with Crippen molar-refractivity contribution in [1.82, 2.24) is 14.5 Å². The molecule has 2 aromatic rings. The lowest BCUT2D eigenvalue weighted by Gasteiger charge is -2.18. The summed E-state index contributed by atoms with van der Waals surface area (Å²) in [6.45, 7) is 0.446. The van der Waals surface area contributed by atoms with Gasteiger partial charge < -0.3 is 15.0 Å². The highest BCUT2D eigenvalue weighted by molar-refractivity contribution is 9.10. The molecular weight excluding hydrogens is 474 g/mol. The summed E-state index contributed by atoms with van der Waals surface area (Å²) < 4.78 is 32.0. The van der Waals surface area contributed by atoms with E-state index in [-0.39, 0.29) is 22.9 Å². The molecular formula is C20H24BrN3O5S. The summed E-state index contributed by atoms with van der Waals surface area (Å²) >= 11 is 3.35. The molecule has 0 saturated heterocycles. The number of nitrogens with zero attached hydrogens (tertiary/aromatic N) is 2. The van der Waals surface area contributed by atoms with E-state index in [9.17, 15) is 18.0 Å². The Bertz CT molecular complexity index is 994. The van der Waals surface area contributed by atoms with Crippen molar-refractivity contribution in [3.05, 3.63) is 58.6 Å². The third-order valence-corrected chi connectivity index (χ3v) is 6.55. The molecule has 0 fully saturated rings. The van der Waals surface area contributed by atoms with E-state index in [0.29, 0.717) is 18.9 Å². The van der Waals surface area contributed by atoms with Gasteiger partial charge in [0.15, 0.2) is 0 Å². The molecule has 1 N–H and O–H groups in total. The predicted molar refractivity (Wildman–Crippen MR) is 117 cm³/mol. The molecule has 0 heterocycles. The maximum Gasteiger partial charge on any atom is 0.251 e. The van der Waals surface area contributed by atoms with Crippen molar-refractivity contribution in [3.8, 4) is 5.75 Å². The second kappa shape index (κ2) is 10.6. The number of sulfonamides is 1. The molecule has 0 atom stereocenters. The molecule has 2 amide bonds. The lowest BCUT2D eigenvalue weighted by Crippen LogP contribution is -2.39. The van der Waals surface area contributed by atoms with Crippen LogP contribution < -0.4 is 10.1 Å². The Labute approximate surface area is 185 Å². The van der Waals surface area contributed by atoms with Gasteiger partial charge in [-0.2, -0.15) is 0 Å². The van der Waals surface area contributed by atoms with Crippen molar-refractivity contribution in [3.63, 3.8) is 0 Å². The third-order valence-electron chi connectivity index (χ3n) is 4.21. The second-order valence-corrected chi connectivity index (χ2v) is 9.68. The van der Waals surface area contributed by atoms with Crippen molar-refractivity contribution >= 4 is 37.8 Å². The molecule has 0 aliphatic carbocycles. The highest BCUT2D eigenvalue weighted by atomic mass is 79.9. The third kappa shape index (κ3) is 6.54. The highest BCUT2D eigenvalue weighted by Gasteiger charge is 2.19. The van der Waals surface area contributed by atoms with Crippen molar-refractivity contribution in [2.75, 3.05) is 40.8 Å². The predicted octanol–water partition coefficient (Wildman–Crippen LogP) is 1.97. The topological polar surface area (TPSA) is 96.0 Å². The molecule has 0 aliphatic heterocycles. The number of amides is 2. The lowest BCUT2D eigenvalue weighted by atomic mass is 10.2. The molecule has 0 aliphatic rings. The van der Waals surface area contributed by atoms with Gasteiger partial charge in [-0.3, -0.25) is 9.59 Å². The van der Waals surface area contributed by atoms with E-state index in [0.717, 1.165) is 8.78 Å². The molecule has 0 unspecified atom stereocenters. The van der Waals surface area contributed by atoms with E-state index in [4.69, 9.17) is 4.74 Å². The normalized spacial score (nSPS) is 11.2. The van der Waals surface area contributed by atoms with Crippen LogP contribution in [0.2, 0.25) is 0 Å². The van der Waals surface area contributed by atoms with Gasteiger partial charge in [-0.25, -0.2) is 12.7 Å². The molecule has 0 aromatic heterocycles. The van der Waals surface area contributed by atoms with Crippen LogP contribution in [0, 0.1) is 0 Å². The zero-order valence-electron chi connectivity index (χ0n) is 17.0. The Hall–Kier alpha value is -2.43. The van der Waals surface area contributed by atoms with Crippen LogP contribution in [0.3, 0.4) is 0 Å². The van der Waals surface area contributed by atoms with Gasteiger partial charge in [-0.05, 0) is 42.5 Å². The largest absolute Gasteiger partial charge is 0.492 e. The molecule has 0 saturated carbocycles. The molecule has 162 valence electrons. The number of ether oxygens (including phenoxy) is 1. The summed E-state index contributed by atoms with van der Waals surface area (Å²) in [5.41, 5.74) is 0.159. The Balaban J connectivity index is 1.85. The Kier molecular flexibility index (Phi) is 8.39. The summed E-state index contributed by atoms with van der Waals surface area (Å²) in [6, 6.07) is 13.0. The number of halogens is 1. The van der Waals surface area contributed by atoms with Gasteiger partial charge in [0.2, 0.25) is 15.9 Å². The van der Waals surface area contributed by atoms with Crippen LogP contribution in [0.25, 0.3) is 0 Å². The fourth-order valence-electron chi connectivity index (χ4n) is 2.36. The number of rotatable bonds is 9. The summed E-state index contributed by atoms with van der Waals surface area (Å²) in [5, 5.41) is 2.52. The van der Waals surface area contributed by atoms with E-state index in [1.165, 1.54) is 43.3 Å². The number of nitrogens with one attached hydrogen (secondary N) is 1. The fraction of sp³-hybridized carbons (Fsp3) is 0.300. The maximum absolute atomic E-state index is 12.3. The number of carbonyl (C=O) groups is 2. The first kappa shape index (κ1) is 23.8. The second-order valence-electron chi connectivity index (χ2n) is 6.62. The van der Waals surface area contributed by atoms with Crippen LogP contribution in [0.5, 0.6) is 5.75 Å². The molecule has 30 heavy (non-hydrogen) atoms. The summed E-state index contributed by atoms with van der Waals surface area (Å²) in [4.78, 5) is 26.0. The van der Waals surface area contributed by atoms with Crippen LogP contribution in [0.4, 0.5) is 0 Å². The Morgan fingerprint density at radius 2 is 1.73 bits per heavy atom. The molecule has 0 radical (unpaired) electrons. The first-order valence-electron chi connectivity index (χ1n) is 9.04. The van der Waals surface area contributed by atoms with Crippen molar-refractivity contribution in [1.29, 1.82) is 0 Å². The van der Waals surface area contributed by atoms with Crippen molar-refractivity contribution in [2.45, 2.75) is 4.90 Å². The van der Waals surface area contributed by atoms with Crippen LogP contribution in [-0.4, -0.2) is 70.3 Å². The number of benzene rings is 2. The minimum atomic E-state index is -3.65. The number of hydrogen-bond acceptors (Lipinski definition) is 5. The first-order chi connectivity index (χ1) is 14.1. The van der Waals surface area contributed by atoms with E-state index >= 15 is 0 Å². The molecule has 0 spiro atoms. The summed E-state index contributed by atoms with van der Waals surface area (Å²) in [6.07, 6.45) is 0. The van der Waals surface area contributed by atoms with Crippen LogP contribution in [-0.2, 0) is 14.8 Å². The summed E-state index contributed by atoms with van der Waals surface area (Å²) in [7, 11) is 0.791. The van der Waals surface area contributed by atoms with Crippen LogP contribution >= 0.6 is 15.9 Å². The standard InChI is InChI=1S/C20H24BrN3O5S/c1-23(2)30(27,28)18-6-4-5-15(13-18)20(26)22-14-19(25)24(3)11-12-29-17-9-7-16(21)8-10-17/h4-10,13H,11-12,14H2,1-3H3,(H,22,26). The highest BCUT2D eigenvalue weighted by Crippen LogP contribution is 2.16. The molecule has 2 aromatic carbocycles. The van der Waals surface area contributed by atoms with Crippen molar-refractivity contribution < 1.29 is 22.7 Å². The summed E-state index contributed by atoms with van der Waals surface area (Å²) in [5.74, 6) is -0.126. The average molecular weight is 498 g/mol.